The van der Waals surface area contributed by atoms with E-state index in [1.54, 1.807) is 6.20 Å². The third kappa shape index (κ3) is 5.17. The summed E-state index contributed by atoms with van der Waals surface area (Å²) in [5.74, 6) is 0.374. The minimum absolute atomic E-state index is 0.166. The van der Waals surface area contributed by atoms with Gasteiger partial charge in [-0.2, -0.15) is 5.26 Å². The number of benzene rings is 1. The van der Waals surface area contributed by atoms with Crippen molar-refractivity contribution in [3.05, 3.63) is 52.3 Å². The summed E-state index contributed by atoms with van der Waals surface area (Å²) in [4.78, 5) is 21.8. The number of hydrogen-bond acceptors (Lipinski definition) is 5. The number of nitrogens with one attached hydrogen (secondary N) is 1. The molecule has 0 saturated heterocycles. The Kier molecular flexibility index (Phi) is 7.65. The molecule has 1 saturated carbocycles. The van der Waals surface area contributed by atoms with Gasteiger partial charge in [-0.25, -0.2) is 9.97 Å². The van der Waals surface area contributed by atoms with Gasteiger partial charge in [-0.05, 0) is 56.2 Å². The zero-order valence-corrected chi connectivity index (χ0v) is 19.7. The second kappa shape index (κ2) is 10.2. The molecular weight excluding hydrogens is 422 g/mol. The van der Waals surface area contributed by atoms with Gasteiger partial charge in [-0.15, -0.1) is 0 Å². The maximum absolute atomic E-state index is 12.4. The van der Waals surface area contributed by atoms with Crippen molar-refractivity contribution in [3.63, 3.8) is 0 Å². The number of amides is 1. The fourth-order valence-electron chi connectivity index (χ4n) is 3.61. The molecule has 0 spiro atoms. The lowest BCUT2D eigenvalue weighted by Crippen LogP contribution is -2.31. The molecule has 168 valence electrons. The van der Waals surface area contributed by atoms with Crippen molar-refractivity contribution in [2.45, 2.75) is 65.5 Å². The summed E-state index contributed by atoms with van der Waals surface area (Å²) in [6.45, 7) is 6.24. The first-order valence-electron chi connectivity index (χ1n) is 11.2. The van der Waals surface area contributed by atoms with Crippen LogP contribution in [-0.2, 0) is 11.3 Å². The highest BCUT2D eigenvalue weighted by Crippen LogP contribution is 2.45. The molecule has 1 aromatic heterocycles. The molecule has 3 N–H and O–H groups in total. The maximum Gasteiger partial charge on any atom is 0.240 e. The van der Waals surface area contributed by atoms with Crippen LogP contribution in [0.3, 0.4) is 0 Å². The number of carbonyl (C=O) groups is 1. The van der Waals surface area contributed by atoms with Crippen molar-refractivity contribution in [1.82, 2.24) is 15.3 Å². The molecule has 2 aromatic rings. The highest BCUT2D eigenvalue weighted by atomic mass is 35.5. The highest BCUT2D eigenvalue weighted by molar-refractivity contribution is 6.31. The Morgan fingerprint density at radius 2 is 2.12 bits per heavy atom. The van der Waals surface area contributed by atoms with Gasteiger partial charge in [-0.3, -0.25) is 4.79 Å². The second-order valence-corrected chi connectivity index (χ2v) is 8.58. The molecule has 1 amide bonds. The summed E-state index contributed by atoms with van der Waals surface area (Å²) in [6, 6.07) is 8.07. The fraction of sp³-hybridized carbons (Fsp3) is 0.440. The first-order valence-corrected chi connectivity index (χ1v) is 11.6. The van der Waals surface area contributed by atoms with E-state index in [0.29, 0.717) is 23.7 Å². The average Bonchev–Trinajstić information content (AvgIpc) is 3.63. The van der Waals surface area contributed by atoms with Gasteiger partial charge in [-0.1, -0.05) is 43.7 Å². The topological polar surface area (TPSA) is 105 Å². The summed E-state index contributed by atoms with van der Waals surface area (Å²) < 4.78 is 0. The molecule has 0 aliphatic heterocycles. The molecule has 2 aliphatic rings. The fourth-order valence-corrected chi connectivity index (χ4v) is 3.79. The van der Waals surface area contributed by atoms with Crippen LogP contribution in [0.25, 0.3) is 17.0 Å². The second-order valence-electron chi connectivity index (χ2n) is 8.17. The first-order chi connectivity index (χ1) is 15.4. The predicted molar refractivity (Wildman–Crippen MR) is 127 cm³/mol. The highest BCUT2D eigenvalue weighted by Gasteiger charge is 2.50. The van der Waals surface area contributed by atoms with Crippen LogP contribution in [0.15, 0.2) is 30.5 Å². The van der Waals surface area contributed by atoms with Gasteiger partial charge < -0.3 is 11.1 Å². The van der Waals surface area contributed by atoms with E-state index in [0.717, 1.165) is 47.2 Å². The Morgan fingerprint density at radius 3 is 2.72 bits per heavy atom. The predicted octanol–water partition coefficient (Wildman–Crippen LogP) is 4.95. The number of nitriles is 1. The Hall–Kier alpha value is -2.75. The van der Waals surface area contributed by atoms with E-state index in [-0.39, 0.29) is 18.5 Å². The lowest BCUT2D eigenvalue weighted by molar-refractivity contribution is -0.124. The number of hydrogen-bond donors (Lipinski definition) is 2. The molecular formula is C25H30ClN5O. The Balaban J connectivity index is 0.00000141. The largest absolute Gasteiger partial charge is 0.350 e. The van der Waals surface area contributed by atoms with Gasteiger partial charge in [0.05, 0.1) is 11.8 Å². The summed E-state index contributed by atoms with van der Waals surface area (Å²) >= 11 is 6.29. The van der Waals surface area contributed by atoms with Gasteiger partial charge in [0.2, 0.25) is 5.91 Å². The van der Waals surface area contributed by atoms with Crippen LogP contribution in [0.4, 0.5) is 0 Å². The number of rotatable bonds is 5. The molecule has 6 nitrogen and oxygen atoms in total. The number of aromatic nitrogens is 2. The van der Waals surface area contributed by atoms with Gasteiger partial charge in [0, 0.05) is 34.9 Å². The van der Waals surface area contributed by atoms with Crippen molar-refractivity contribution in [3.8, 4) is 17.5 Å². The van der Waals surface area contributed by atoms with Crippen molar-refractivity contribution in [2.75, 3.05) is 0 Å². The first kappa shape index (κ1) is 23.9. The Bertz CT molecular complexity index is 1070. The van der Waals surface area contributed by atoms with Gasteiger partial charge in [0.15, 0.2) is 5.82 Å². The zero-order chi connectivity index (χ0) is 23.3. The molecule has 0 bridgehead atoms. The third-order valence-electron chi connectivity index (χ3n) is 5.89. The van der Waals surface area contributed by atoms with Crippen LogP contribution in [0.2, 0.25) is 5.02 Å². The van der Waals surface area contributed by atoms with E-state index in [2.05, 4.69) is 22.4 Å². The molecule has 2 aliphatic carbocycles. The van der Waals surface area contributed by atoms with E-state index in [9.17, 15) is 10.1 Å². The third-order valence-corrected chi connectivity index (χ3v) is 6.30. The lowest BCUT2D eigenvalue weighted by Gasteiger charge is -2.20. The number of nitrogens with zero attached hydrogens (tertiary/aromatic N) is 3. The number of aryl methyl sites for hydroxylation is 1. The van der Waals surface area contributed by atoms with Gasteiger partial charge in [0.25, 0.3) is 0 Å². The van der Waals surface area contributed by atoms with Crippen molar-refractivity contribution >= 4 is 23.1 Å². The van der Waals surface area contributed by atoms with Crippen LogP contribution < -0.4 is 11.1 Å². The summed E-state index contributed by atoms with van der Waals surface area (Å²) in [5, 5.41) is 12.8. The summed E-state index contributed by atoms with van der Waals surface area (Å²) in [6.07, 6.45) is 7.65. The molecule has 7 heteroatoms. The molecule has 0 radical (unpaired) electrons. The van der Waals surface area contributed by atoms with Crippen LogP contribution in [-0.4, -0.2) is 21.9 Å². The molecule has 1 heterocycles. The summed E-state index contributed by atoms with van der Waals surface area (Å²) in [7, 11) is 0. The normalized spacial score (nSPS) is 18.5. The van der Waals surface area contributed by atoms with Gasteiger partial charge >= 0.3 is 0 Å². The minimum Gasteiger partial charge on any atom is -0.350 e. The van der Waals surface area contributed by atoms with E-state index < -0.39 is 5.41 Å². The molecule has 1 fully saturated rings. The number of halogens is 1. The Labute approximate surface area is 194 Å². The Morgan fingerprint density at radius 1 is 1.38 bits per heavy atom. The van der Waals surface area contributed by atoms with E-state index in [1.165, 1.54) is 0 Å². The smallest absolute Gasteiger partial charge is 0.240 e. The molecule has 4 rings (SSSR count). The van der Waals surface area contributed by atoms with Crippen molar-refractivity contribution in [2.24, 2.45) is 11.1 Å². The van der Waals surface area contributed by atoms with Crippen molar-refractivity contribution < 1.29 is 4.79 Å². The molecule has 1 unspecified atom stereocenters. The van der Waals surface area contributed by atoms with Crippen LogP contribution >= 0.6 is 11.6 Å². The van der Waals surface area contributed by atoms with E-state index in [1.807, 2.05) is 39.0 Å². The average molecular weight is 452 g/mol. The van der Waals surface area contributed by atoms with Crippen LogP contribution in [0, 0.1) is 23.7 Å². The number of allylic oxidation sites excluding steroid dienone is 1. The van der Waals surface area contributed by atoms with Crippen LogP contribution in [0.1, 0.15) is 62.8 Å². The molecule has 1 aromatic carbocycles. The van der Waals surface area contributed by atoms with Crippen LogP contribution in [0.5, 0.6) is 0 Å². The monoisotopic (exact) mass is 451 g/mol. The number of nitrogens with two attached hydrogens (primary N) is 1. The number of carbonyl (C=O) groups excluding carboxylic acids is 1. The maximum atomic E-state index is 12.4. The molecule has 32 heavy (non-hydrogen) atoms. The molecule has 1 atom stereocenters. The van der Waals surface area contributed by atoms with Crippen molar-refractivity contribution in [1.29, 1.82) is 5.26 Å². The van der Waals surface area contributed by atoms with E-state index in [4.69, 9.17) is 22.3 Å². The lowest BCUT2D eigenvalue weighted by atomic mass is 9.92. The minimum atomic E-state index is -0.851. The van der Waals surface area contributed by atoms with Gasteiger partial charge in [0.1, 0.15) is 5.41 Å². The SMILES string of the molecule is CC.Cc1ccc(-c2ncc(CNC(=O)C3(C#N)CC3)c(C3=CCC(N)CC3)n2)cc1Cl. The quantitative estimate of drug-likeness (QED) is 0.669. The summed E-state index contributed by atoms with van der Waals surface area (Å²) in [5.41, 5.74) is 9.82. The van der Waals surface area contributed by atoms with E-state index >= 15 is 0 Å². The standard InChI is InChI=1S/C23H24ClN5O.C2H6/c1-14-2-3-16(10-19(14)24)21-27-11-17(12-28-22(30)23(13-25)8-9-23)20(29-21)15-4-6-18(26)7-5-15;1-2/h2-4,10-11,18H,5-9,12,26H2,1H3,(H,28,30);1-2H3. The zero-order valence-electron chi connectivity index (χ0n) is 18.9.